The summed E-state index contributed by atoms with van der Waals surface area (Å²) in [6.07, 6.45) is 0. The molecule has 0 fully saturated rings. The van der Waals surface area contributed by atoms with Crippen molar-refractivity contribution in [1.82, 2.24) is 0 Å². The lowest BCUT2D eigenvalue weighted by atomic mass is 10.8. The molecule has 10 heavy (non-hydrogen) atoms. The lowest BCUT2D eigenvalue weighted by molar-refractivity contribution is 0.00172. The molecule has 6 heteroatoms. The number of rotatable bonds is 5. The summed E-state index contributed by atoms with van der Waals surface area (Å²) in [4.78, 5) is 0. The average molecular weight is 172 g/mol. The molecule has 0 atom stereocenters. The molecule has 4 nitrogen and oxygen atoms in total. The first-order chi connectivity index (χ1) is 4.62. The average Bonchev–Trinajstić information content (AvgIpc) is 1.89. The molecular formula is C4H9FO4S. The summed E-state index contributed by atoms with van der Waals surface area (Å²) in [5.74, 6) is -0.447. The highest BCUT2D eigenvalue weighted by molar-refractivity contribution is 7.86. The quantitative estimate of drug-likeness (QED) is 0.558. The molecule has 0 aromatic heterocycles. The van der Waals surface area contributed by atoms with Gasteiger partial charge in [0.05, 0.1) is 6.61 Å². The van der Waals surface area contributed by atoms with E-state index < -0.39 is 15.9 Å². The van der Waals surface area contributed by atoms with E-state index in [0.717, 1.165) is 0 Å². The van der Waals surface area contributed by atoms with Gasteiger partial charge in [-0.2, -0.15) is 8.42 Å². The second kappa shape index (κ2) is 4.59. The van der Waals surface area contributed by atoms with Gasteiger partial charge in [-0.15, -0.1) is 0 Å². The molecule has 0 saturated carbocycles. The van der Waals surface area contributed by atoms with Crippen LogP contribution in [-0.2, 0) is 19.2 Å². The summed E-state index contributed by atoms with van der Waals surface area (Å²) < 4.78 is 38.8. The fourth-order valence-corrected chi connectivity index (χ4v) is 0.722. The Morgan fingerprint density at radius 1 is 1.50 bits per heavy atom. The molecule has 0 spiro atoms. The third kappa shape index (κ3) is 4.66. The van der Waals surface area contributed by atoms with Gasteiger partial charge in [0.2, 0.25) is 0 Å². The van der Waals surface area contributed by atoms with Gasteiger partial charge in [0.1, 0.15) is 5.75 Å². The van der Waals surface area contributed by atoms with E-state index in [1.165, 1.54) is 0 Å². The van der Waals surface area contributed by atoms with Crippen LogP contribution in [0.4, 0.5) is 4.53 Å². The monoisotopic (exact) mass is 172 g/mol. The minimum absolute atomic E-state index is 0.0389. The van der Waals surface area contributed by atoms with Crippen LogP contribution >= 0.6 is 0 Å². The molecule has 0 aromatic carbocycles. The fourth-order valence-electron chi connectivity index (χ4n) is 0.337. The van der Waals surface area contributed by atoms with E-state index in [-0.39, 0.29) is 6.61 Å². The van der Waals surface area contributed by atoms with Gasteiger partial charge in [-0.05, 0) is 11.4 Å². The molecule has 0 amide bonds. The van der Waals surface area contributed by atoms with Gasteiger partial charge in [0, 0.05) is 6.61 Å². The van der Waals surface area contributed by atoms with Gasteiger partial charge in [-0.3, -0.25) is 0 Å². The molecule has 0 aliphatic carbocycles. The van der Waals surface area contributed by atoms with E-state index >= 15 is 0 Å². The Balaban J connectivity index is 3.49. The first kappa shape index (κ1) is 9.80. The highest BCUT2D eigenvalue weighted by atomic mass is 32.2. The van der Waals surface area contributed by atoms with Gasteiger partial charge in [0.25, 0.3) is 10.1 Å². The molecular weight excluding hydrogens is 163 g/mol. The van der Waals surface area contributed by atoms with E-state index in [9.17, 15) is 12.9 Å². The zero-order valence-electron chi connectivity index (χ0n) is 5.54. The van der Waals surface area contributed by atoms with E-state index in [4.69, 9.17) is 0 Å². The maximum Gasteiger partial charge on any atom is 0.300 e. The Bertz CT molecular complexity index is 164. The number of ether oxygens (including phenoxy) is 1. The van der Waals surface area contributed by atoms with Crippen LogP contribution in [0.25, 0.3) is 0 Å². The van der Waals surface area contributed by atoms with Crippen LogP contribution < -0.4 is 0 Å². The summed E-state index contributed by atoms with van der Waals surface area (Å²) in [7, 11) is -3.98. The van der Waals surface area contributed by atoms with Gasteiger partial charge < -0.3 is 4.74 Å². The van der Waals surface area contributed by atoms with Crippen molar-refractivity contribution in [3.63, 3.8) is 0 Å². The third-order valence-corrected chi connectivity index (χ3v) is 1.64. The van der Waals surface area contributed by atoms with Crippen molar-refractivity contribution in [2.24, 2.45) is 0 Å². The van der Waals surface area contributed by atoms with Crippen molar-refractivity contribution in [2.45, 2.75) is 6.92 Å². The summed E-state index contributed by atoms with van der Waals surface area (Å²) in [6, 6.07) is 0. The van der Waals surface area contributed by atoms with Crippen LogP contribution in [0.5, 0.6) is 0 Å². The molecule has 0 aliphatic heterocycles. The van der Waals surface area contributed by atoms with Crippen LogP contribution in [0.1, 0.15) is 6.92 Å². The van der Waals surface area contributed by atoms with Gasteiger partial charge in [-0.25, -0.2) is 0 Å². The van der Waals surface area contributed by atoms with Crippen molar-refractivity contribution < 1.29 is 22.1 Å². The molecule has 0 aromatic rings. The molecule has 0 saturated heterocycles. The Kier molecular flexibility index (Phi) is 4.50. The van der Waals surface area contributed by atoms with E-state index in [1.54, 1.807) is 6.92 Å². The molecule has 0 rings (SSSR count). The van der Waals surface area contributed by atoms with Crippen LogP contribution in [-0.4, -0.2) is 27.4 Å². The molecule has 0 heterocycles. The van der Waals surface area contributed by atoms with Gasteiger partial charge in [-0.1, -0.05) is 4.39 Å². The highest BCUT2D eigenvalue weighted by Gasteiger charge is 2.10. The lowest BCUT2D eigenvalue weighted by Crippen LogP contribution is -2.11. The number of halogens is 1. The van der Waals surface area contributed by atoms with Crippen LogP contribution in [0.2, 0.25) is 0 Å². The van der Waals surface area contributed by atoms with Crippen molar-refractivity contribution in [3.8, 4) is 0 Å². The summed E-state index contributed by atoms with van der Waals surface area (Å²) in [5, 5.41) is 0. The molecule has 0 unspecified atom stereocenters. The molecule has 62 valence electrons. The van der Waals surface area contributed by atoms with E-state index in [2.05, 4.69) is 9.12 Å². The standard InChI is InChI=1S/C4H9FO4S/c1-2-8-3-4-10(6,7)9-5/h2-4H2,1H3. The smallest absolute Gasteiger partial charge is 0.300 e. The fraction of sp³-hybridized carbons (Fsp3) is 1.00. The zero-order chi connectivity index (χ0) is 8.04. The lowest BCUT2D eigenvalue weighted by Gasteiger charge is -1.97. The normalized spacial score (nSPS) is 11.8. The second-order valence-corrected chi connectivity index (χ2v) is 3.17. The Morgan fingerprint density at radius 2 is 2.10 bits per heavy atom. The Morgan fingerprint density at radius 3 is 2.50 bits per heavy atom. The topological polar surface area (TPSA) is 52.6 Å². The predicted octanol–water partition coefficient (Wildman–Crippen LogP) is 0.254. The van der Waals surface area contributed by atoms with E-state index in [1.807, 2.05) is 0 Å². The van der Waals surface area contributed by atoms with Crippen molar-refractivity contribution in [3.05, 3.63) is 0 Å². The SMILES string of the molecule is CCOCCS(=O)(=O)OF. The highest BCUT2D eigenvalue weighted by Crippen LogP contribution is 1.92. The van der Waals surface area contributed by atoms with Crippen LogP contribution in [0, 0.1) is 0 Å². The van der Waals surface area contributed by atoms with Crippen LogP contribution in [0.15, 0.2) is 0 Å². The minimum Gasteiger partial charge on any atom is -0.381 e. The molecule has 0 bridgehead atoms. The number of hydrogen-bond acceptors (Lipinski definition) is 4. The first-order valence-corrected chi connectivity index (χ1v) is 4.30. The second-order valence-electron chi connectivity index (χ2n) is 1.52. The molecule has 0 aliphatic rings. The first-order valence-electron chi connectivity index (χ1n) is 2.73. The zero-order valence-corrected chi connectivity index (χ0v) is 6.36. The number of hydrogen-bond donors (Lipinski definition) is 0. The summed E-state index contributed by atoms with van der Waals surface area (Å²) in [5.41, 5.74) is 0. The molecule has 0 N–H and O–H groups in total. The summed E-state index contributed by atoms with van der Waals surface area (Å²) >= 11 is 0. The minimum atomic E-state index is -3.98. The predicted molar refractivity (Wildman–Crippen MR) is 32.5 cm³/mol. The molecule has 0 radical (unpaired) electrons. The largest absolute Gasteiger partial charge is 0.381 e. The van der Waals surface area contributed by atoms with E-state index in [0.29, 0.717) is 6.61 Å². The summed E-state index contributed by atoms with van der Waals surface area (Å²) in [6.45, 7) is 2.08. The van der Waals surface area contributed by atoms with Crippen LogP contribution in [0.3, 0.4) is 0 Å². The van der Waals surface area contributed by atoms with Gasteiger partial charge >= 0.3 is 0 Å². The Hall–Kier alpha value is -0.200. The maximum absolute atomic E-state index is 11.1. The maximum atomic E-state index is 11.1. The Labute approximate surface area is 59.0 Å². The van der Waals surface area contributed by atoms with Crippen molar-refractivity contribution >= 4 is 10.1 Å². The van der Waals surface area contributed by atoms with Gasteiger partial charge in [0.15, 0.2) is 0 Å². The third-order valence-electron chi connectivity index (χ3n) is 0.778. The van der Waals surface area contributed by atoms with Crippen molar-refractivity contribution in [2.75, 3.05) is 19.0 Å². The van der Waals surface area contributed by atoms with Crippen molar-refractivity contribution in [1.29, 1.82) is 0 Å².